The summed E-state index contributed by atoms with van der Waals surface area (Å²) in [6, 6.07) is 9.22. The van der Waals surface area contributed by atoms with Gasteiger partial charge < -0.3 is 15.8 Å². The maximum atomic E-state index is 10.6. The van der Waals surface area contributed by atoms with Crippen molar-refractivity contribution in [3.8, 4) is 5.88 Å². The van der Waals surface area contributed by atoms with Gasteiger partial charge in [0, 0.05) is 18.0 Å². The van der Waals surface area contributed by atoms with Gasteiger partial charge in [0.1, 0.15) is 0 Å². The van der Waals surface area contributed by atoms with Crippen LogP contribution in [-0.4, -0.2) is 24.7 Å². The van der Waals surface area contributed by atoms with Crippen molar-refractivity contribution in [1.82, 2.24) is 10.3 Å². The molecule has 0 aliphatic rings. The molecule has 18 heavy (non-hydrogen) atoms. The molecule has 0 saturated carbocycles. The number of nitrogens with zero attached hydrogens (tertiary/aromatic N) is 1. The summed E-state index contributed by atoms with van der Waals surface area (Å²) in [4.78, 5) is 15.1. The van der Waals surface area contributed by atoms with Crippen molar-refractivity contribution in [2.45, 2.75) is 6.42 Å². The lowest BCUT2D eigenvalue weighted by atomic mass is 10.1. The highest BCUT2D eigenvalue weighted by atomic mass is 16.5. The van der Waals surface area contributed by atoms with Gasteiger partial charge in [-0.1, -0.05) is 18.2 Å². The number of hydrogen-bond acceptors (Lipinski definition) is 3. The summed E-state index contributed by atoms with van der Waals surface area (Å²) in [6.07, 6.45) is 0.681. The number of amides is 2. The molecule has 1 heterocycles. The number of nitrogens with two attached hydrogens (primary N) is 1. The van der Waals surface area contributed by atoms with Gasteiger partial charge in [-0.25, -0.2) is 9.78 Å². The monoisotopic (exact) mass is 245 g/mol. The Morgan fingerprint density at radius 1 is 1.39 bits per heavy atom. The predicted molar refractivity (Wildman–Crippen MR) is 69.6 cm³/mol. The lowest BCUT2D eigenvalue weighted by molar-refractivity contribution is 0.249. The average Bonchev–Trinajstić information content (AvgIpc) is 2.38. The number of aromatic nitrogens is 1. The molecule has 1 aromatic heterocycles. The first-order valence-electron chi connectivity index (χ1n) is 5.66. The number of para-hydroxylation sites is 1. The highest BCUT2D eigenvalue weighted by Crippen LogP contribution is 2.20. The summed E-state index contributed by atoms with van der Waals surface area (Å²) in [5.41, 5.74) is 6.98. The van der Waals surface area contributed by atoms with E-state index in [1.54, 1.807) is 7.11 Å². The van der Waals surface area contributed by atoms with Gasteiger partial charge in [0.25, 0.3) is 0 Å². The average molecular weight is 245 g/mol. The topological polar surface area (TPSA) is 77.2 Å². The molecule has 0 saturated heterocycles. The van der Waals surface area contributed by atoms with Crippen LogP contribution in [0.2, 0.25) is 0 Å². The maximum absolute atomic E-state index is 10.6. The summed E-state index contributed by atoms with van der Waals surface area (Å²) >= 11 is 0. The Bertz CT molecular complexity index is 569. The van der Waals surface area contributed by atoms with E-state index in [-0.39, 0.29) is 0 Å². The van der Waals surface area contributed by atoms with E-state index in [1.165, 1.54) is 0 Å². The fourth-order valence-electron chi connectivity index (χ4n) is 1.83. The van der Waals surface area contributed by atoms with Crippen molar-refractivity contribution in [3.63, 3.8) is 0 Å². The normalized spacial score (nSPS) is 10.3. The molecule has 0 unspecified atom stereocenters. The minimum absolute atomic E-state index is 0.493. The van der Waals surface area contributed by atoms with Gasteiger partial charge in [-0.2, -0.15) is 0 Å². The first kappa shape index (κ1) is 12.2. The minimum Gasteiger partial charge on any atom is -0.481 e. The van der Waals surface area contributed by atoms with E-state index in [1.807, 2.05) is 30.3 Å². The van der Waals surface area contributed by atoms with Gasteiger partial charge >= 0.3 is 6.03 Å². The fraction of sp³-hybridized carbons (Fsp3) is 0.231. The molecule has 0 radical (unpaired) electrons. The molecule has 2 amide bonds. The number of benzene rings is 1. The fourth-order valence-corrected chi connectivity index (χ4v) is 1.83. The molecule has 94 valence electrons. The van der Waals surface area contributed by atoms with E-state index in [2.05, 4.69) is 10.3 Å². The molecule has 3 N–H and O–H groups in total. The summed E-state index contributed by atoms with van der Waals surface area (Å²) in [5.74, 6) is 0.581. The van der Waals surface area contributed by atoms with E-state index in [0.29, 0.717) is 18.8 Å². The standard InChI is InChI=1S/C13H15N3O2/c1-18-11-6-5-9-3-2-4-10(12(9)16-11)7-8-15-13(14)17/h2-6H,7-8H2,1H3,(H3,14,15,17). The number of urea groups is 1. The van der Waals surface area contributed by atoms with Gasteiger partial charge in [0.2, 0.25) is 5.88 Å². The molecule has 2 aromatic rings. The van der Waals surface area contributed by atoms with Gasteiger partial charge in [-0.15, -0.1) is 0 Å². The smallest absolute Gasteiger partial charge is 0.312 e. The quantitative estimate of drug-likeness (QED) is 0.856. The van der Waals surface area contributed by atoms with E-state index < -0.39 is 6.03 Å². The number of fused-ring (bicyclic) bond motifs is 1. The number of hydrogen-bond donors (Lipinski definition) is 2. The second-order valence-corrected chi connectivity index (χ2v) is 3.88. The Morgan fingerprint density at radius 2 is 2.22 bits per heavy atom. The van der Waals surface area contributed by atoms with Crippen molar-refractivity contribution >= 4 is 16.9 Å². The van der Waals surface area contributed by atoms with E-state index in [9.17, 15) is 4.79 Å². The first-order chi connectivity index (χ1) is 8.70. The van der Waals surface area contributed by atoms with Crippen LogP contribution in [0.5, 0.6) is 5.88 Å². The Hall–Kier alpha value is -2.30. The van der Waals surface area contributed by atoms with Crippen LogP contribution >= 0.6 is 0 Å². The Morgan fingerprint density at radius 3 is 2.94 bits per heavy atom. The first-order valence-corrected chi connectivity index (χ1v) is 5.66. The molecular formula is C13H15N3O2. The lowest BCUT2D eigenvalue weighted by Gasteiger charge is -2.07. The Kier molecular flexibility index (Phi) is 3.62. The molecule has 0 fully saturated rings. The van der Waals surface area contributed by atoms with Crippen LogP contribution in [0, 0.1) is 0 Å². The number of primary amides is 1. The van der Waals surface area contributed by atoms with Gasteiger partial charge in [-0.3, -0.25) is 0 Å². The number of pyridine rings is 1. The molecule has 1 aromatic carbocycles. The third kappa shape index (κ3) is 2.68. The molecule has 5 heteroatoms. The molecule has 5 nitrogen and oxygen atoms in total. The van der Waals surface area contributed by atoms with E-state index in [4.69, 9.17) is 10.5 Å². The zero-order valence-corrected chi connectivity index (χ0v) is 10.1. The van der Waals surface area contributed by atoms with Crippen LogP contribution in [0.3, 0.4) is 0 Å². The van der Waals surface area contributed by atoms with Crippen LogP contribution in [0.25, 0.3) is 10.9 Å². The lowest BCUT2D eigenvalue weighted by Crippen LogP contribution is -2.30. The number of methoxy groups -OCH3 is 1. The highest BCUT2D eigenvalue weighted by Gasteiger charge is 2.04. The van der Waals surface area contributed by atoms with Crippen LogP contribution in [0.15, 0.2) is 30.3 Å². The van der Waals surface area contributed by atoms with Crippen LogP contribution in [0.1, 0.15) is 5.56 Å². The predicted octanol–water partition coefficient (Wildman–Crippen LogP) is 1.45. The number of carbonyl (C=O) groups excluding carboxylic acids is 1. The van der Waals surface area contributed by atoms with Crippen LogP contribution < -0.4 is 15.8 Å². The van der Waals surface area contributed by atoms with Crippen LogP contribution in [0.4, 0.5) is 4.79 Å². The molecule has 0 atom stereocenters. The molecule has 2 rings (SSSR count). The number of carbonyl (C=O) groups is 1. The highest BCUT2D eigenvalue weighted by molar-refractivity contribution is 5.82. The molecular weight excluding hydrogens is 230 g/mol. The largest absolute Gasteiger partial charge is 0.481 e. The van der Waals surface area contributed by atoms with Gasteiger partial charge in [-0.05, 0) is 18.1 Å². The molecule has 0 aliphatic heterocycles. The third-order valence-electron chi connectivity index (χ3n) is 2.68. The maximum Gasteiger partial charge on any atom is 0.312 e. The molecule has 0 aliphatic carbocycles. The van der Waals surface area contributed by atoms with Crippen molar-refractivity contribution in [2.75, 3.05) is 13.7 Å². The Labute approximate surface area is 105 Å². The van der Waals surface area contributed by atoms with Crippen LogP contribution in [-0.2, 0) is 6.42 Å². The third-order valence-corrected chi connectivity index (χ3v) is 2.68. The zero-order valence-electron chi connectivity index (χ0n) is 10.1. The zero-order chi connectivity index (χ0) is 13.0. The van der Waals surface area contributed by atoms with Crippen molar-refractivity contribution < 1.29 is 9.53 Å². The number of ether oxygens (including phenoxy) is 1. The summed E-state index contributed by atoms with van der Waals surface area (Å²) in [5, 5.41) is 3.62. The summed E-state index contributed by atoms with van der Waals surface area (Å²) in [6.45, 7) is 0.493. The summed E-state index contributed by atoms with van der Waals surface area (Å²) < 4.78 is 5.12. The number of nitrogens with one attached hydrogen (secondary N) is 1. The summed E-state index contributed by atoms with van der Waals surface area (Å²) in [7, 11) is 1.59. The van der Waals surface area contributed by atoms with Crippen molar-refractivity contribution in [3.05, 3.63) is 35.9 Å². The van der Waals surface area contributed by atoms with Gasteiger partial charge in [0.05, 0.1) is 12.6 Å². The second kappa shape index (κ2) is 5.35. The SMILES string of the molecule is COc1ccc2cccc(CCNC(N)=O)c2n1. The van der Waals surface area contributed by atoms with E-state index >= 15 is 0 Å². The molecule has 0 bridgehead atoms. The minimum atomic E-state index is -0.513. The van der Waals surface area contributed by atoms with Crippen molar-refractivity contribution in [2.24, 2.45) is 5.73 Å². The van der Waals surface area contributed by atoms with Gasteiger partial charge in [0.15, 0.2) is 0 Å². The number of rotatable bonds is 4. The molecule has 0 spiro atoms. The Balaban J connectivity index is 2.28. The van der Waals surface area contributed by atoms with Crippen molar-refractivity contribution in [1.29, 1.82) is 0 Å². The van der Waals surface area contributed by atoms with E-state index in [0.717, 1.165) is 16.5 Å². The second-order valence-electron chi connectivity index (χ2n) is 3.88.